The lowest BCUT2D eigenvalue weighted by Crippen LogP contribution is -2.34. The van der Waals surface area contributed by atoms with Gasteiger partial charge in [0.25, 0.3) is 5.56 Å². The maximum Gasteiger partial charge on any atom is 0.329 e. The summed E-state index contributed by atoms with van der Waals surface area (Å²) in [5.41, 5.74) is 1.31. The third-order valence-corrected chi connectivity index (χ3v) is 3.13. The highest BCUT2D eigenvalue weighted by atomic mass is 16.2. The van der Waals surface area contributed by atoms with Crippen molar-refractivity contribution in [2.45, 2.75) is 13.8 Å². The first kappa shape index (κ1) is 14.8. The number of aromatic amines is 1. The fraction of sp³-hybridized carbons (Fsp3) is 0.267. The molecule has 0 fully saturated rings. The molecule has 0 radical (unpaired) electrons. The van der Waals surface area contributed by atoms with E-state index in [-0.39, 0.29) is 5.56 Å². The number of aromatic nitrogens is 2. The highest BCUT2D eigenvalue weighted by molar-refractivity contribution is 5.80. The van der Waals surface area contributed by atoms with Crippen LogP contribution in [0, 0.1) is 6.92 Å². The van der Waals surface area contributed by atoms with Crippen LogP contribution in [0.1, 0.15) is 18.1 Å². The maximum atomic E-state index is 11.7. The Morgan fingerprint density at radius 1 is 1.29 bits per heavy atom. The van der Waals surface area contributed by atoms with Crippen molar-refractivity contribution in [3.05, 3.63) is 62.3 Å². The van der Waals surface area contributed by atoms with Crippen molar-refractivity contribution < 1.29 is 0 Å². The quantitative estimate of drug-likeness (QED) is 0.679. The van der Waals surface area contributed by atoms with Crippen molar-refractivity contribution in [2.24, 2.45) is 12.1 Å². The Bertz CT molecular complexity index is 725. The molecule has 1 heterocycles. The number of benzene rings is 1. The van der Waals surface area contributed by atoms with Gasteiger partial charge in [0.15, 0.2) is 0 Å². The standard InChI is InChI=1S/C15H18N4O2/c1-4-19(13-9-14(20)18(3)15(21)17-13)16-10-12-7-5-11(2)6-8-12/h5-10H,4H2,1-3H3,(H,17,21)/b16-10+. The van der Waals surface area contributed by atoms with Gasteiger partial charge in [-0.25, -0.2) is 9.80 Å². The lowest BCUT2D eigenvalue weighted by Gasteiger charge is -2.16. The molecule has 0 bridgehead atoms. The van der Waals surface area contributed by atoms with Gasteiger partial charge in [-0.2, -0.15) is 5.10 Å². The molecule has 0 saturated heterocycles. The Balaban J connectivity index is 2.30. The number of H-pyrrole nitrogens is 1. The van der Waals surface area contributed by atoms with E-state index in [1.54, 1.807) is 11.2 Å². The zero-order valence-electron chi connectivity index (χ0n) is 12.3. The lowest BCUT2D eigenvalue weighted by atomic mass is 10.2. The number of anilines is 1. The van der Waals surface area contributed by atoms with Crippen LogP contribution in [-0.4, -0.2) is 22.3 Å². The van der Waals surface area contributed by atoms with E-state index in [1.165, 1.54) is 18.7 Å². The molecule has 0 saturated carbocycles. The fourth-order valence-corrected chi connectivity index (χ4v) is 1.79. The van der Waals surface area contributed by atoms with Gasteiger partial charge in [-0.05, 0) is 19.4 Å². The summed E-state index contributed by atoms with van der Waals surface area (Å²) in [5, 5.41) is 5.89. The van der Waals surface area contributed by atoms with E-state index in [2.05, 4.69) is 10.1 Å². The van der Waals surface area contributed by atoms with E-state index in [0.717, 1.165) is 10.1 Å². The SMILES string of the molecule is CCN(/N=C/c1ccc(C)cc1)c1cc(=O)n(C)c(=O)[nH]1. The maximum absolute atomic E-state index is 11.7. The number of nitrogens with zero attached hydrogens (tertiary/aromatic N) is 3. The monoisotopic (exact) mass is 286 g/mol. The molecule has 1 N–H and O–H groups in total. The molecule has 0 aliphatic rings. The topological polar surface area (TPSA) is 70.5 Å². The van der Waals surface area contributed by atoms with Gasteiger partial charge in [0.2, 0.25) is 0 Å². The van der Waals surface area contributed by atoms with Crippen LogP contribution >= 0.6 is 0 Å². The summed E-state index contributed by atoms with van der Waals surface area (Å²) < 4.78 is 1.01. The predicted octanol–water partition coefficient (Wildman–Crippen LogP) is 1.24. The largest absolute Gasteiger partial charge is 0.329 e. The van der Waals surface area contributed by atoms with Crippen molar-refractivity contribution in [3.8, 4) is 0 Å². The van der Waals surface area contributed by atoms with Gasteiger partial charge >= 0.3 is 5.69 Å². The van der Waals surface area contributed by atoms with Gasteiger partial charge in [-0.1, -0.05) is 29.8 Å². The molecule has 0 aliphatic heterocycles. The number of aryl methyl sites for hydroxylation is 1. The predicted molar refractivity (Wildman–Crippen MR) is 84.1 cm³/mol. The minimum Gasteiger partial charge on any atom is -0.292 e. The van der Waals surface area contributed by atoms with E-state index in [0.29, 0.717) is 12.4 Å². The van der Waals surface area contributed by atoms with Crippen LogP contribution in [-0.2, 0) is 7.05 Å². The molecule has 0 spiro atoms. The summed E-state index contributed by atoms with van der Waals surface area (Å²) in [6, 6.07) is 9.27. The summed E-state index contributed by atoms with van der Waals surface area (Å²) in [6.45, 7) is 4.44. The first-order valence-electron chi connectivity index (χ1n) is 6.70. The molecule has 1 aromatic carbocycles. The van der Waals surface area contributed by atoms with Crippen LogP contribution in [0.2, 0.25) is 0 Å². The van der Waals surface area contributed by atoms with E-state index in [4.69, 9.17) is 0 Å². The molecule has 2 rings (SSSR count). The molecule has 0 atom stereocenters. The molecule has 21 heavy (non-hydrogen) atoms. The number of hydrogen-bond acceptors (Lipinski definition) is 4. The summed E-state index contributed by atoms with van der Waals surface area (Å²) in [6.07, 6.45) is 1.69. The molecule has 0 unspecified atom stereocenters. The first-order chi connectivity index (χ1) is 10.0. The molecule has 6 heteroatoms. The molecule has 1 aromatic heterocycles. The van der Waals surface area contributed by atoms with E-state index >= 15 is 0 Å². The minimum atomic E-state index is -0.457. The number of rotatable bonds is 4. The molecule has 0 aliphatic carbocycles. The summed E-state index contributed by atoms with van der Waals surface area (Å²) in [4.78, 5) is 25.9. The summed E-state index contributed by atoms with van der Waals surface area (Å²) >= 11 is 0. The average Bonchev–Trinajstić information content (AvgIpc) is 2.47. The summed E-state index contributed by atoms with van der Waals surface area (Å²) in [5.74, 6) is 0.383. The molecule has 2 aromatic rings. The Labute approximate surface area is 122 Å². The fourth-order valence-electron chi connectivity index (χ4n) is 1.79. The normalized spacial score (nSPS) is 11.0. The Morgan fingerprint density at radius 3 is 2.52 bits per heavy atom. The molecular weight excluding hydrogens is 268 g/mol. The van der Waals surface area contributed by atoms with Crippen LogP contribution in [0.4, 0.5) is 5.82 Å². The van der Waals surface area contributed by atoms with Crippen molar-refractivity contribution in [1.29, 1.82) is 0 Å². The lowest BCUT2D eigenvalue weighted by molar-refractivity contribution is 0.756. The number of hydrogen-bond donors (Lipinski definition) is 1. The molecular formula is C15H18N4O2. The highest BCUT2D eigenvalue weighted by Crippen LogP contribution is 2.06. The van der Waals surface area contributed by atoms with Gasteiger partial charge < -0.3 is 0 Å². The second-order valence-electron chi connectivity index (χ2n) is 4.73. The second-order valence-corrected chi connectivity index (χ2v) is 4.73. The van der Waals surface area contributed by atoms with Crippen LogP contribution in [0.5, 0.6) is 0 Å². The average molecular weight is 286 g/mol. The van der Waals surface area contributed by atoms with Crippen LogP contribution in [0.3, 0.4) is 0 Å². The number of nitrogens with one attached hydrogen (secondary N) is 1. The van der Waals surface area contributed by atoms with E-state index in [9.17, 15) is 9.59 Å². The van der Waals surface area contributed by atoms with Crippen molar-refractivity contribution in [3.63, 3.8) is 0 Å². The Hall–Kier alpha value is -2.63. The molecule has 6 nitrogen and oxygen atoms in total. The second kappa shape index (κ2) is 6.21. The van der Waals surface area contributed by atoms with Crippen molar-refractivity contribution in [2.75, 3.05) is 11.6 Å². The zero-order valence-corrected chi connectivity index (χ0v) is 12.3. The van der Waals surface area contributed by atoms with Crippen LogP contribution < -0.4 is 16.3 Å². The van der Waals surface area contributed by atoms with Gasteiger partial charge in [0.1, 0.15) is 5.82 Å². The molecule has 110 valence electrons. The van der Waals surface area contributed by atoms with Crippen molar-refractivity contribution in [1.82, 2.24) is 9.55 Å². The van der Waals surface area contributed by atoms with Gasteiger partial charge in [0, 0.05) is 19.7 Å². The van der Waals surface area contributed by atoms with Gasteiger partial charge in [-0.15, -0.1) is 0 Å². The first-order valence-corrected chi connectivity index (χ1v) is 6.70. The zero-order chi connectivity index (χ0) is 15.4. The Morgan fingerprint density at radius 2 is 1.95 bits per heavy atom. The van der Waals surface area contributed by atoms with Gasteiger partial charge in [-0.3, -0.25) is 14.3 Å². The van der Waals surface area contributed by atoms with E-state index in [1.807, 2.05) is 38.1 Å². The third kappa shape index (κ3) is 3.47. The van der Waals surface area contributed by atoms with Gasteiger partial charge in [0.05, 0.1) is 6.21 Å². The number of hydrazone groups is 1. The van der Waals surface area contributed by atoms with Crippen molar-refractivity contribution >= 4 is 12.0 Å². The summed E-state index contributed by atoms with van der Waals surface area (Å²) in [7, 11) is 1.43. The molecule has 0 amide bonds. The Kier molecular flexibility index (Phi) is 4.37. The van der Waals surface area contributed by atoms with Crippen LogP contribution in [0.25, 0.3) is 0 Å². The smallest absolute Gasteiger partial charge is 0.292 e. The minimum absolute atomic E-state index is 0.363. The third-order valence-electron chi connectivity index (χ3n) is 3.13. The van der Waals surface area contributed by atoms with E-state index < -0.39 is 5.69 Å². The highest BCUT2D eigenvalue weighted by Gasteiger charge is 2.06. The van der Waals surface area contributed by atoms with Crippen LogP contribution in [0.15, 0.2) is 45.0 Å².